The van der Waals surface area contributed by atoms with Gasteiger partial charge in [0.1, 0.15) is 11.5 Å². The van der Waals surface area contributed by atoms with Gasteiger partial charge in [0.15, 0.2) is 0 Å². The zero-order valence-electron chi connectivity index (χ0n) is 13.9. The molecule has 5 rings (SSSR count). The Morgan fingerprint density at radius 3 is 2.40 bits per heavy atom. The third kappa shape index (κ3) is 2.68. The Labute approximate surface area is 158 Å². The van der Waals surface area contributed by atoms with Gasteiger partial charge in [0.05, 0.1) is 0 Å². The summed E-state index contributed by atoms with van der Waals surface area (Å²) in [4.78, 5) is 0. The summed E-state index contributed by atoms with van der Waals surface area (Å²) in [6.07, 6.45) is 2.21. The van der Waals surface area contributed by atoms with Crippen LogP contribution in [-0.2, 0) is 0 Å². The predicted octanol–water partition coefficient (Wildman–Crippen LogP) is 5.71. The van der Waals surface area contributed by atoms with Gasteiger partial charge < -0.3 is 10.1 Å². The van der Waals surface area contributed by atoms with Gasteiger partial charge in [0.2, 0.25) is 0 Å². The summed E-state index contributed by atoms with van der Waals surface area (Å²) in [5, 5.41) is 6.03. The number of piperidine rings is 1. The zero-order chi connectivity index (χ0) is 15.9. The van der Waals surface area contributed by atoms with Crippen molar-refractivity contribution < 1.29 is 4.74 Å². The van der Waals surface area contributed by atoms with Crippen LogP contribution in [0.3, 0.4) is 0 Å². The van der Waals surface area contributed by atoms with E-state index >= 15 is 0 Å². The molecule has 2 nitrogen and oxygen atoms in total. The maximum atomic E-state index is 6.26. The van der Waals surface area contributed by atoms with E-state index in [1.807, 2.05) is 0 Å². The number of nitrogens with one attached hydrogen (secondary N) is 1. The normalized spacial score (nSPS) is 15.8. The molecule has 0 aromatic heterocycles. The van der Waals surface area contributed by atoms with Crippen LogP contribution in [0.2, 0.25) is 0 Å². The molecule has 0 radical (unpaired) electrons. The third-order valence-electron chi connectivity index (χ3n) is 5.08. The maximum Gasteiger partial charge on any atom is 0.135 e. The van der Waals surface area contributed by atoms with E-state index in [0.29, 0.717) is 0 Å². The molecule has 126 valence electrons. The molecule has 2 heterocycles. The Kier molecular flexibility index (Phi) is 4.36. The summed E-state index contributed by atoms with van der Waals surface area (Å²) in [5.74, 6) is 1.95. The molecule has 25 heavy (non-hydrogen) atoms. The molecule has 0 atom stereocenters. The largest absolute Gasteiger partial charge is 0.456 e. The molecule has 0 amide bonds. The van der Waals surface area contributed by atoms with E-state index in [2.05, 4.69) is 66.0 Å². The van der Waals surface area contributed by atoms with E-state index in [9.17, 15) is 0 Å². The molecule has 2 aliphatic heterocycles. The second-order valence-electron chi connectivity index (χ2n) is 6.49. The predicted molar refractivity (Wildman–Crippen MR) is 109 cm³/mol. The first kappa shape index (κ1) is 16.4. The van der Waals surface area contributed by atoms with Crippen LogP contribution in [0.1, 0.15) is 24.0 Å². The van der Waals surface area contributed by atoms with Crippen LogP contribution in [0.4, 0.5) is 0 Å². The number of hydrogen-bond acceptors (Lipinski definition) is 2. The minimum atomic E-state index is 0. The van der Waals surface area contributed by atoms with Crippen LogP contribution >= 0.6 is 17.0 Å². The molecule has 0 saturated carbocycles. The molecule has 1 fully saturated rings. The summed E-state index contributed by atoms with van der Waals surface area (Å²) in [5.41, 5.74) is 5.44. The van der Waals surface area contributed by atoms with Crippen LogP contribution in [0, 0.1) is 0 Å². The fourth-order valence-corrected chi connectivity index (χ4v) is 3.96. The van der Waals surface area contributed by atoms with E-state index in [1.54, 1.807) is 5.57 Å². The minimum absolute atomic E-state index is 0. The first-order chi connectivity index (χ1) is 11.9. The van der Waals surface area contributed by atoms with Gasteiger partial charge in [-0.05, 0) is 54.4 Å². The van der Waals surface area contributed by atoms with Gasteiger partial charge >= 0.3 is 0 Å². The number of fused-ring (bicyclic) bond motifs is 4. The van der Waals surface area contributed by atoms with E-state index in [1.165, 1.54) is 27.5 Å². The molecular weight excluding hydrogens is 374 g/mol. The second kappa shape index (κ2) is 6.66. The molecule has 2 aliphatic rings. The highest BCUT2D eigenvalue weighted by Crippen LogP contribution is 2.48. The van der Waals surface area contributed by atoms with Gasteiger partial charge in [0, 0.05) is 11.1 Å². The van der Waals surface area contributed by atoms with E-state index in [4.69, 9.17) is 4.74 Å². The molecule has 1 N–H and O–H groups in total. The van der Waals surface area contributed by atoms with Crippen molar-refractivity contribution in [2.75, 3.05) is 13.1 Å². The number of benzene rings is 3. The van der Waals surface area contributed by atoms with Gasteiger partial charge in [-0.15, -0.1) is 17.0 Å². The third-order valence-corrected chi connectivity index (χ3v) is 5.08. The van der Waals surface area contributed by atoms with Gasteiger partial charge in [-0.3, -0.25) is 0 Å². The monoisotopic (exact) mass is 393 g/mol. The molecule has 0 unspecified atom stereocenters. The summed E-state index contributed by atoms with van der Waals surface area (Å²) in [6.45, 7) is 2.11. The summed E-state index contributed by atoms with van der Waals surface area (Å²) in [6, 6.07) is 21.3. The summed E-state index contributed by atoms with van der Waals surface area (Å²) in [7, 11) is 0. The molecule has 0 spiro atoms. The van der Waals surface area contributed by atoms with Gasteiger partial charge in [0.25, 0.3) is 0 Å². The average Bonchev–Trinajstić information content (AvgIpc) is 2.66. The standard InChI is InChI=1S/C22H19NO.BrH/c1-2-6-17-15(5-1)9-10-20-22(17)21(16-11-13-23-14-12-16)18-7-3-4-8-19(18)24-20;/h1-10,23H,11-14H2;1H. The van der Waals surface area contributed by atoms with E-state index in [-0.39, 0.29) is 17.0 Å². The van der Waals surface area contributed by atoms with Crippen LogP contribution in [0.25, 0.3) is 16.3 Å². The Hall–Kier alpha value is -2.10. The van der Waals surface area contributed by atoms with Crippen molar-refractivity contribution in [3.63, 3.8) is 0 Å². The molecule has 0 bridgehead atoms. The fraction of sp³-hybridized carbons (Fsp3) is 0.182. The van der Waals surface area contributed by atoms with E-state index < -0.39 is 0 Å². The lowest BCUT2D eigenvalue weighted by molar-refractivity contribution is 0.474. The van der Waals surface area contributed by atoms with Crippen LogP contribution < -0.4 is 10.1 Å². The van der Waals surface area contributed by atoms with Crippen molar-refractivity contribution in [1.82, 2.24) is 5.32 Å². The van der Waals surface area contributed by atoms with Crippen molar-refractivity contribution >= 4 is 33.3 Å². The minimum Gasteiger partial charge on any atom is -0.456 e. The summed E-state index contributed by atoms with van der Waals surface area (Å²) < 4.78 is 6.26. The van der Waals surface area contributed by atoms with Crippen molar-refractivity contribution in [1.29, 1.82) is 0 Å². The van der Waals surface area contributed by atoms with Crippen molar-refractivity contribution in [3.05, 3.63) is 77.4 Å². The highest BCUT2D eigenvalue weighted by Gasteiger charge is 2.26. The average molecular weight is 394 g/mol. The molecule has 1 saturated heterocycles. The lowest BCUT2D eigenvalue weighted by atomic mass is 9.84. The van der Waals surface area contributed by atoms with Gasteiger partial charge in [-0.25, -0.2) is 0 Å². The van der Waals surface area contributed by atoms with Crippen LogP contribution in [0.15, 0.2) is 66.2 Å². The van der Waals surface area contributed by atoms with Crippen molar-refractivity contribution in [2.24, 2.45) is 0 Å². The lowest BCUT2D eigenvalue weighted by Gasteiger charge is -2.28. The van der Waals surface area contributed by atoms with Crippen molar-refractivity contribution in [2.45, 2.75) is 12.8 Å². The van der Waals surface area contributed by atoms with E-state index in [0.717, 1.165) is 37.4 Å². The lowest BCUT2D eigenvalue weighted by Crippen LogP contribution is -2.24. The topological polar surface area (TPSA) is 21.3 Å². The first-order valence-corrected chi connectivity index (χ1v) is 8.64. The number of halogens is 1. The molecule has 0 aliphatic carbocycles. The summed E-state index contributed by atoms with van der Waals surface area (Å²) >= 11 is 0. The SMILES string of the molecule is Br.c1ccc2c(c1)Oc1ccc3ccccc3c1C2=C1CCNCC1. The number of para-hydroxylation sites is 1. The Morgan fingerprint density at radius 1 is 0.760 bits per heavy atom. The number of rotatable bonds is 0. The number of ether oxygens (including phenoxy) is 1. The zero-order valence-corrected chi connectivity index (χ0v) is 15.6. The second-order valence-corrected chi connectivity index (χ2v) is 6.49. The highest BCUT2D eigenvalue weighted by molar-refractivity contribution is 8.93. The van der Waals surface area contributed by atoms with Crippen molar-refractivity contribution in [3.8, 4) is 11.5 Å². The van der Waals surface area contributed by atoms with Crippen LogP contribution in [0.5, 0.6) is 11.5 Å². The van der Waals surface area contributed by atoms with Gasteiger partial charge in [-0.2, -0.15) is 0 Å². The Morgan fingerprint density at radius 2 is 1.52 bits per heavy atom. The molecule has 3 aromatic rings. The molecule has 3 aromatic carbocycles. The Balaban J connectivity index is 0.00000157. The maximum absolute atomic E-state index is 6.26. The van der Waals surface area contributed by atoms with Crippen LogP contribution in [-0.4, -0.2) is 13.1 Å². The van der Waals surface area contributed by atoms with Gasteiger partial charge in [-0.1, -0.05) is 54.1 Å². The first-order valence-electron chi connectivity index (χ1n) is 8.64. The highest BCUT2D eigenvalue weighted by atomic mass is 79.9. The fourth-order valence-electron chi connectivity index (χ4n) is 3.96. The Bertz CT molecular complexity index is 969. The number of hydrogen-bond donors (Lipinski definition) is 1. The smallest absolute Gasteiger partial charge is 0.135 e. The quantitative estimate of drug-likeness (QED) is 0.413. The molecule has 3 heteroatoms. The molecular formula is C22H20BrNO.